The van der Waals surface area contributed by atoms with Crippen LogP contribution < -0.4 is 5.73 Å². The van der Waals surface area contributed by atoms with Crippen molar-refractivity contribution in [3.05, 3.63) is 54.2 Å². The van der Waals surface area contributed by atoms with Gasteiger partial charge in [-0.15, -0.1) is 0 Å². The summed E-state index contributed by atoms with van der Waals surface area (Å²) in [6, 6.07) is 8.02. The average molecular weight is 280 g/mol. The second kappa shape index (κ2) is 5.02. The molecule has 0 amide bonds. The van der Waals surface area contributed by atoms with Crippen LogP contribution >= 0.6 is 0 Å². The van der Waals surface area contributed by atoms with Gasteiger partial charge in [-0.25, -0.2) is 9.37 Å². The summed E-state index contributed by atoms with van der Waals surface area (Å²) in [5.41, 5.74) is 6.42. The van der Waals surface area contributed by atoms with Gasteiger partial charge in [-0.3, -0.25) is 4.98 Å². The van der Waals surface area contributed by atoms with Crippen molar-refractivity contribution in [3.8, 4) is 23.1 Å². The number of halogens is 1. The second-order valence-electron chi connectivity index (χ2n) is 4.18. The van der Waals surface area contributed by atoms with Crippen LogP contribution in [0.25, 0.3) is 17.1 Å². The second-order valence-corrected chi connectivity index (χ2v) is 4.18. The summed E-state index contributed by atoms with van der Waals surface area (Å²) in [4.78, 5) is 7.99. The maximum absolute atomic E-state index is 13.9. The Hall–Kier alpha value is -3.27. The van der Waals surface area contributed by atoms with Crippen molar-refractivity contribution in [2.45, 2.75) is 0 Å². The number of hydrogen-bond donors (Lipinski definition) is 1. The highest BCUT2D eigenvalue weighted by atomic mass is 19.1. The fraction of sp³-hybridized carbons (Fsp3) is 0. The molecule has 2 N–H and O–H groups in total. The first kappa shape index (κ1) is 12.7. The number of nitriles is 1. The number of anilines is 1. The SMILES string of the molecule is N#Cc1c(-c2ccccc2F)nn(-c2cnccn2)c1N. The zero-order valence-electron chi connectivity index (χ0n) is 10.7. The Balaban J connectivity index is 2.25. The molecule has 2 aromatic heterocycles. The number of hydrogen-bond acceptors (Lipinski definition) is 5. The predicted molar refractivity (Wildman–Crippen MR) is 73.7 cm³/mol. The van der Waals surface area contributed by atoms with Crippen LogP contribution in [0, 0.1) is 17.1 Å². The molecule has 0 atom stereocenters. The first-order valence-corrected chi connectivity index (χ1v) is 6.02. The van der Waals surface area contributed by atoms with Gasteiger partial charge in [-0.2, -0.15) is 15.0 Å². The smallest absolute Gasteiger partial charge is 0.174 e. The van der Waals surface area contributed by atoms with Crippen LogP contribution in [0.1, 0.15) is 5.56 Å². The number of nitrogens with two attached hydrogens (primary N) is 1. The molecule has 3 rings (SSSR count). The molecular formula is C14H9FN6. The molecule has 0 aliphatic rings. The molecule has 0 unspecified atom stereocenters. The van der Waals surface area contributed by atoms with Crippen LogP contribution in [0.3, 0.4) is 0 Å². The van der Waals surface area contributed by atoms with E-state index in [0.29, 0.717) is 5.82 Å². The maximum atomic E-state index is 13.9. The molecule has 0 spiro atoms. The topological polar surface area (TPSA) is 93.4 Å². The van der Waals surface area contributed by atoms with Crippen LogP contribution in [-0.2, 0) is 0 Å². The molecule has 21 heavy (non-hydrogen) atoms. The average Bonchev–Trinajstić information content (AvgIpc) is 2.85. The van der Waals surface area contributed by atoms with Crippen molar-refractivity contribution in [3.63, 3.8) is 0 Å². The normalized spacial score (nSPS) is 10.3. The molecular weight excluding hydrogens is 271 g/mol. The summed E-state index contributed by atoms with van der Waals surface area (Å²) in [6.07, 6.45) is 4.44. The van der Waals surface area contributed by atoms with Gasteiger partial charge >= 0.3 is 0 Å². The Bertz CT molecular complexity index is 834. The number of aromatic nitrogens is 4. The monoisotopic (exact) mass is 280 g/mol. The van der Waals surface area contributed by atoms with Gasteiger partial charge in [0.2, 0.25) is 0 Å². The summed E-state index contributed by atoms with van der Waals surface area (Å²) in [5.74, 6) is -0.0249. The molecule has 7 heteroatoms. The first-order chi connectivity index (χ1) is 10.2. The summed E-state index contributed by atoms with van der Waals surface area (Å²) < 4.78 is 15.2. The molecule has 102 valence electrons. The van der Waals surface area contributed by atoms with Crippen molar-refractivity contribution in [1.29, 1.82) is 5.26 Å². The standard InChI is InChI=1S/C14H9FN6/c15-11-4-2-1-3-9(11)13-10(7-16)14(17)21(20-13)12-8-18-5-6-19-12/h1-6,8H,17H2. The van der Waals surface area contributed by atoms with Gasteiger partial charge in [0.25, 0.3) is 0 Å². The van der Waals surface area contributed by atoms with E-state index >= 15 is 0 Å². The Morgan fingerprint density at radius 2 is 2.05 bits per heavy atom. The lowest BCUT2D eigenvalue weighted by molar-refractivity contribution is 0.630. The molecule has 0 fully saturated rings. The molecule has 1 aromatic carbocycles. The van der Waals surface area contributed by atoms with Gasteiger partial charge < -0.3 is 5.73 Å². The molecule has 3 aromatic rings. The van der Waals surface area contributed by atoms with Crippen molar-refractivity contribution in [1.82, 2.24) is 19.7 Å². The van der Waals surface area contributed by atoms with Crippen molar-refractivity contribution in [2.75, 3.05) is 5.73 Å². The number of rotatable bonds is 2. The maximum Gasteiger partial charge on any atom is 0.174 e. The lowest BCUT2D eigenvalue weighted by Crippen LogP contribution is -2.04. The molecule has 0 saturated carbocycles. The van der Waals surface area contributed by atoms with Crippen LogP contribution in [0.15, 0.2) is 42.9 Å². The third-order valence-electron chi connectivity index (χ3n) is 2.93. The minimum Gasteiger partial charge on any atom is -0.382 e. The van der Waals surface area contributed by atoms with Crippen LogP contribution in [0.4, 0.5) is 10.2 Å². The van der Waals surface area contributed by atoms with Crippen molar-refractivity contribution < 1.29 is 4.39 Å². The molecule has 6 nitrogen and oxygen atoms in total. The van der Waals surface area contributed by atoms with E-state index in [9.17, 15) is 9.65 Å². The summed E-state index contributed by atoms with van der Waals surface area (Å²) in [6.45, 7) is 0. The zero-order chi connectivity index (χ0) is 14.8. The highest BCUT2D eigenvalue weighted by Gasteiger charge is 2.20. The largest absolute Gasteiger partial charge is 0.382 e. The minimum absolute atomic E-state index is 0.0938. The highest BCUT2D eigenvalue weighted by molar-refractivity contribution is 5.73. The molecule has 0 aliphatic heterocycles. The minimum atomic E-state index is -0.474. The van der Waals surface area contributed by atoms with Crippen molar-refractivity contribution in [2.24, 2.45) is 0 Å². The predicted octanol–water partition coefficient (Wildman–Crippen LogP) is 1.92. The van der Waals surface area contributed by atoms with Gasteiger partial charge in [-0.1, -0.05) is 12.1 Å². The van der Waals surface area contributed by atoms with E-state index in [1.807, 2.05) is 6.07 Å². The Kier molecular flexibility index (Phi) is 3.04. The van der Waals surface area contributed by atoms with Gasteiger partial charge in [0.1, 0.15) is 29.0 Å². The summed E-state index contributed by atoms with van der Waals surface area (Å²) in [5, 5.41) is 13.5. The molecule has 0 saturated heterocycles. The Morgan fingerprint density at radius 3 is 2.71 bits per heavy atom. The summed E-state index contributed by atoms with van der Waals surface area (Å²) >= 11 is 0. The lowest BCUT2D eigenvalue weighted by Gasteiger charge is -2.00. The van der Waals surface area contributed by atoms with E-state index in [0.717, 1.165) is 0 Å². The Labute approximate surface area is 119 Å². The van der Waals surface area contributed by atoms with Crippen LogP contribution in [0.5, 0.6) is 0 Å². The lowest BCUT2D eigenvalue weighted by atomic mass is 10.1. The zero-order valence-corrected chi connectivity index (χ0v) is 10.7. The highest BCUT2D eigenvalue weighted by Crippen LogP contribution is 2.29. The quantitative estimate of drug-likeness (QED) is 0.774. The van der Waals surface area contributed by atoms with Gasteiger partial charge in [-0.05, 0) is 12.1 Å². The van der Waals surface area contributed by atoms with E-state index in [2.05, 4.69) is 15.1 Å². The van der Waals surface area contributed by atoms with E-state index in [4.69, 9.17) is 5.73 Å². The molecule has 0 radical (unpaired) electrons. The molecule has 0 bridgehead atoms. The van der Waals surface area contributed by atoms with E-state index in [1.54, 1.807) is 18.2 Å². The third-order valence-corrected chi connectivity index (χ3v) is 2.93. The number of nitrogen functional groups attached to an aromatic ring is 1. The van der Waals surface area contributed by atoms with Crippen LogP contribution in [-0.4, -0.2) is 19.7 Å². The van der Waals surface area contributed by atoms with E-state index in [-0.39, 0.29) is 22.6 Å². The number of nitrogens with zero attached hydrogens (tertiary/aromatic N) is 5. The van der Waals surface area contributed by atoms with E-state index in [1.165, 1.54) is 29.3 Å². The van der Waals surface area contributed by atoms with Gasteiger partial charge in [0, 0.05) is 18.0 Å². The van der Waals surface area contributed by atoms with Crippen LogP contribution in [0.2, 0.25) is 0 Å². The fourth-order valence-electron chi connectivity index (χ4n) is 1.96. The van der Waals surface area contributed by atoms with Gasteiger partial charge in [0.05, 0.1) is 6.20 Å². The van der Waals surface area contributed by atoms with E-state index < -0.39 is 5.82 Å². The molecule has 0 aliphatic carbocycles. The molecule has 2 heterocycles. The Morgan fingerprint density at radius 1 is 1.24 bits per heavy atom. The summed E-state index contributed by atoms with van der Waals surface area (Å²) in [7, 11) is 0. The third kappa shape index (κ3) is 2.08. The number of benzene rings is 1. The fourth-order valence-corrected chi connectivity index (χ4v) is 1.96. The van der Waals surface area contributed by atoms with Crippen molar-refractivity contribution >= 4 is 5.82 Å². The first-order valence-electron chi connectivity index (χ1n) is 6.02. The van der Waals surface area contributed by atoms with Gasteiger partial charge in [0.15, 0.2) is 5.82 Å².